The molecule has 0 aliphatic heterocycles. The summed E-state index contributed by atoms with van der Waals surface area (Å²) < 4.78 is 10.6. The normalized spacial score (nSPS) is 11.8. The largest absolute Gasteiger partial charge is 0.443 e. The number of imide groups is 1. The predicted octanol–water partition coefficient (Wildman–Crippen LogP) is 4.57. The van der Waals surface area contributed by atoms with Crippen molar-refractivity contribution in [3.8, 4) is 0 Å². The molecule has 1 rings (SSSR count). The van der Waals surface area contributed by atoms with Crippen LogP contribution in [0.15, 0.2) is 10.8 Å². The van der Waals surface area contributed by atoms with E-state index in [4.69, 9.17) is 21.1 Å². The summed E-state index contributed by atoms with van der Waals surface area (Å²) in [7, 11) is 0. The Hall–Kier alpha value is -1.41. The lowest BCUT2D eigenvalue weighted by atomic mass is 10.2. The Labute approximate surface area is 148 Å². The van der Waals surface area contributed by atoms with Crippen LogP contribution in [0.4, 0.5) is 15.4 Å². The van der Waals surface area contributed by atoms with Crippen LogP contribution in [0.2, 0.25) is 5.15 Å². The predicted molar refractivity (Wildman–Crippen MR) is 89.7 cm³/mol. The molecular formula is C14H19BrClN3O4. The van der Waals surface area contributed by atoms with Crippen molar-refractivity contribution in [2.75, 3.05) is 4.90 Å². The molecule has 0 N–H and O–H groups in total. The Morgan fingerprint density at radius 2 is 1.52 bits per heavy atom. The number of carbonyl (C=O) groups is 2. The lowest BCUT2D eigenvalue weighted by Gasteiger charge is -2.28. The number of rotatable bonds is 1. The van der Waals surface area contributed by atoms with Crippen molar-refractivity contribution >= 4 is 45.5 Å². The van der Waals surface area contributed by atoms with E-state index in [9.17, 15) is 9.59 Å². The van der Waals surface area contributed by atoms with Gasteiger partial charge in [-0.15, -0.1) is 0 Å². The fraction of sp³-hybridized carbons (Fsp3) is 0.571. The molecule has 0 spiro atoms. The number of hydrogen-bond acceptors (Lipinski definition) is 6. The first-order valence-corrected chi connectivity index (χ1v) is 7.91. The molecular weight excluding hydrogens is 390 g/mol. The van der Waals surface area contributed by atoms with Crippen molar-refractivity contribution in [1.82, 2.24) is 9.97 Å². The summed E-state index contributed by atoms with van der Waals surface area (Å²) in [5, 5.41) is 0.0142. The summed E-state index contributed by atoms with van der Waals surface area (Å²) in [4.78, 5) is 33.4. The third-order valence-electron chi connectivity index (χ3n) is 2.05. The molecule has 0 radical (unpaired) electrons. The average molecular weight is 409 g/mol. The van der Waals surface area contributed by atoms with Crippen LogP contribution >= 0.6 is 27.5 Å². The Morgan fingerprint density at radius 1 is 1.09 bits per heavy atom. The molecule has 128 valence electrons. The molecule has 0 saturated carbocycles. The molecule has 0 unspecified atom stereocenters. The van der Waals surface area contributed by atoms with E-state index in [1.165, 1.54) is 6.20 Å². The fourth-order valence-corrected chi connectivity index (χ4v) is 1.85. The van der Waals surface area contributed by atoms with Gasteiger partial charge in [0.1, 0.15) is 21.0 Å². The maximum atomic E-state index is 12.4. The van der Waals surface area contributed by atoms with Gasteiger partial charge in [0.2, 0.25) is 0 Å². The molecule has 9 heteroatoms. The van der Waals surface area contributed by atoms with Crippen LogP contribution in [0.3, 0.4) is 0 Å². The zero-order valence-electron chi connectivity index (χ0n) is 13.8. The molecule has 1 aromatic rings. The smallest absolute Gasteiger partial charge is 0.425 e. The Bertz CT molecular complexity index is 583. The summed E-state index contributed by atoms with van der Waals surface area (Å²) in [6.45, 7) is 10.1. The molecule has 0 aliphatic carbocycles. The quantitative estimate of drug-likeness (QED) is 0.677. The maximum absolute atomic E-state index is 12.4. The van der Waals surface area contributed by atoms with Crippen molar-refractivity contribution < 1.29 is 19.1 Å². The van der Waals surface area contributed by atoms with Gasteiger partial charge in [0.25, 0.3) is 0 Å². The molecule has 0 aliphatic rings. The lowest BCUT2D eigenvalue weighted by Crippen LogP contribution is -2.44. The summed E-state index contributed by atoms with van der Waals surface area (Å²) >= 11 is 8.95. The summed E-state index contributed by atoms with van der Waals surface area (Å²) in [6.07, 6.45) is -0.606. The van der Waals surface area contributed by atoms with Gasteiger partial charge in [0.15, 0.2) is 5.82 Å². The minimum absolute atomic E-state index is 0.0142. The minimum Gasteiger partial charge on any atom is -0.443 e. The zero-order chi connectivity index (χ0) is 18.0. The topological polar surface area (TPSA) is 81.6 Å². The summed E-state index contributed by atoms with van der Waals surface area (Å²) in [6, 6.07) is 0. The van der Waals surface area contributed by atoms with Crippen LogP contribution in [-0.2, 0) is 9.47 Å². The van der Waals surface area contributed by atoms with Gasteiger partial charge in [-0.3, -0.25) is 0 Å². The van der Waals surface area contributed by atoms with Crippen LogP contribution in [0.1, 0.15) is 41.5 Å². The Balaban J connectivity index is 3.28. The van der Waals surface area contributed by atoms with E-state index in [0.717, 1.165) is 0 Å². The lowest BCUT2D eigenvalue weighted by molar-refractivity contribution is 0.0428. The van der Waals surface area contributed by atoms with Gasteiger partial charge in [-0.25, -0.2) is 19.6 Å². The van der Waals surface area contributed by atoms with Gasteiger partial charge in [0.05, 0.1) is 6.20 Å². The van der Waals surface area contributed by atoms with Crippen LogP contribution in [0.25, 0.3) is 0 Å². The van der Waals surface area contributed by atoms with E-state index in [0.29, 0.717) is 4.90 Å². The number of amides is 2. The van der Waals surface area contributed by atoms with E-state index in [1.807, 2.05) is 0 Å². The molecule has 0 saturated heterocycles. The first-order valence-electron chi connectivity index (χ1n) is 6.74. The van der Waals surface area contributed by atoms with Crippen molar-refractivity contribution in [2.24, 2.45) is 0 Å². The number of hydrogen-bond donors (Lipinski definition) is 0. The van der Waals surface area contributed by atoms with Gasteiger partial charge in [-0.1, -0.05) is 11.6 Å². The highest BCUT2D eigenvalue weighted by atomic mass is 79.9. The molecule has 23 heavy (non-hydrogen) atoms. The second kappa shape index (κ2) is 7.00. The molecule has 7 nitrogen and oxygen atoms in total. The minimum atomic E-state index is -0.941. The molecule has 0 bridgehead atoms. The summed E-state index contributed by atoms with van der Waals surface area (Å²) in [5.74, 6) is -0.110. The third-order valence-corrected chi connectivity index (χ3v) is 2.79. The van der Waals surface area contributed by atoms with Gasteiger partial charge < -0.3 is 9.47 Å². The van der Waals surface area contributed by atoms with E-state index < -0.39 is 23.4 Å². The molecule has 1 aromatic heterocycles. The van der Waals surface area contributed by atoms with Gasteiger partial charge in [-0.2, -0.15) is 4.90 Å². The number of carbonyl (C=O) groups excluding carboxylic acids is 2. The second-order valence-corrected chi connectivity index (χ2v) is 7.74. The molecule has 2 amide bonds. The van der Waals surface area contributed by atoms with Crippen molar-refractivity contribution in [3.05, 3.63) is 16.0 Å². The monoisotopic (exact) mass is 407 g/mol. The first-order chi connectivity index (χ1) is 10.3. The maximum Gasteiger partial charge on any atom is 0.425 e. The van der Waals surface area contributed by atoms with E-state index in [-0.39, 0.29) is 15.6 Å². The van der Waals surface area contributed by atoms with Gasteiger partial charge >= 0.3 is 12.2 Å². The standard InChI is InChI=1S/C14H19BrClN3O4/c1-13(2,3)22-11(20)19(12(21)23-14(4,5)6)10-9(15)17-7-8(16)18-10/h7H,1-6H3. The number of nitrogens with zero attached hydrogens (tertiary/aromatic N) is 3. The van der Waals surface area contributed by atoms with Crippen LogP contribution in [0, 0.1) is 0 Å². The van der Waals surface area contributed by atoms with E-state index >= 15 is 0 Å². The Morgan fingerprint density at radius 3 is 1.91 bits per heavy atom. The van der Waals surface area contributed by atoms with Crippen LogP contribution in [-0.4, -0.2) is 33.4 Å². The zero-order valence-corrected chi connectivity index (χ0v) is 16.1. The van der Waals surface area contributed by atoms with Crippen LogP contribution in [0.5, 0.6) is 0 Å². The number of halogens is 2. The molecule has 0 fully saturated rings. The van der Waals surface area contributed by atoms with Crippen molar-refractivity contribution in [3.63, 3.8) is 0 Å². The summed E-state index contributed by atoms with van der Waals surface area (Å²) in [5.41, 5.74) is -1.62. The number of ether oxygens (including phenoxy) is 2. The van der Waals surface area contributed by atoms with E-state index in [2.05, 4.69) is 25.9 Å². The highest BCUT2D eigenvalue weighted by Crippen LogP contribution is 2.27. The van der Waals surface area contributed by atoms with Crippen molar-refractivity contribution in [2.45, 2.75) is 52.7 Å². The number of aromatic nitrogens is 2. The Kier molecular flexibility index (Phi) is 5.98. The number of anilines is 1. The fourth-order valence-electron chi connectivity index (χ4n) is 1.35. The SMILES string of the molecule is CC(C)(C)OC(=O)N(C(=O)OC(C)(C)C)c1nc(Cl)cnc1Br. The molecule has 1 heterocycles. The van der Waals surface area contributed by atoms with Gasteiger partial charge in [0, 0.05) is 0 Å². The third kappa shape index (κ3) is 6.31. The average Bonchev–Trinajstić information content (AvgIpc) is 2.29. The second-order valence-electron chi connectivity index (χ2n) is 6.60. The van der Waals surface area contributed by atoms with E-state index in [1.54, 1.807) is 41.5 Å². The van der Waals surface area contributed by atoms with Gasteiger partial charge in [-0.05, 0) is 57.5 Å². The van der Waals surface area contributed by atoms with Crippen LogP contribution < -0.4 is 4.90 Å². The highest BCUT2D eigenvalue weighted by Gasteiger charge is 2.35. The molecule has 0 aromatic carbocycles. The van der Waals surface area contributed by atoms with Crippen molar-refractivity contribution in [1.29, 1.82) is 0 Å². The molecule has 0 atom stereocenters. The first kappa shape index (κ1) is 19.6. The highest BCUT2D eigenvalue weighted by molar-refractivity contribution is 9.10.